The minimum absolute atomic E-state index is 0.216. The fourth-order valence-corrected chi connectivity index (χ4v) is 2.28. The average molecular weight is 257 g/mol. The molecule has 6 heteroatoms. The molecule has 1 aliphatic rings. The van der Waals surface area contributed by atoms with Crippen molar-refractivity contribution in [2.24, 2.45) is 0 Å². The molecular formula is C12H23N3O3. The van der Waals surface area contributed by atoms with Crippen molar-refractivity contribution in [1.29, 1.82) is 5.41 Å². The van der Waals surface area contributed by atoms with Gasteiger partial charge < -0.3 is 14.4 Å². The number of carbonyl (C=O) groups excluding carboxylic acids is 1. The second kappa shape index (κ2) is 5.24. The van der Waals surface area contributed by atoms with Crippen LogP contribution in [0.2, 0.25) is 0 Å². The predicted octanol–water partition coefficient (Wildman–Crippen LogP) is 1.21. The molecule has 1 rings (SSSR count). The number of ether oxygens (including phenoxy) is 2. The van der Waals surface area contributed by atoms with Crippen molar-refractivity contribution >= 4 is 11.9 Å². The summed E-state index contributed by atoms with van der Waals surface area (Å²) < 4.78 is 10.4. The standard InChI is InChI=1S/C12H23N3O3/c1-11(2,18-5)8-12(3)9(13)14-10(16)15(12)6-7-17-4/h6-8H2,1-5H3,(H2,13,14,16). The lowest BCUT2D eigenvalue weighted by Crippen LogP contribution is -2.52. The largest absolute Gasteiger partial charge is 0.383 e. The lowest BCUT2D eigenvalue weighted by atomic mass is 9.86. The summed E-state index contributed by atoms with van der Waals surface area (Å²) in [5, 5.41) is 10.6. The van der Waals surface area contributed by atoms with Gasteiger partial charge in [0.2, 0.25) is 0 Å². The normalized spacial score (nSPS) is 24.6. The zero-order valence-corrected chi connectivity index (χ0v) is 11.8. The highest BCUT2D eigenvalue weighted by Gasteiger charge is 2.49. The van der Waals surface area contributed by atoms with Crippen LogP contribution in [-0.2, 0) is 9.47 Å². The van der Waals surface area contributed by atoms with Crippen molar-refractivity contribution in [3.63, 3.8) is 0 Å². The van der Waals surface area contributed by atoms with Gasteiger partial charge >= 0.3 is 6.03 Å². The van der Waals surface area contributed by atoms with Crippen molar-refractivity contribution in [2.45, 2.75) is 38.3 Å². The van der Waals surface area contributed by atoms with Crippen LogP contribution in [0.4, 0.5) is 4.79 Å². The van der Waals surface area contributed by atoms with Crippen molar-refractivity contribution in [3.8, 4) is 0 Å². The van der Waals surface area contributed by atoms with Gasteiger partial charge in [-0.2, -0.15) is 0 Å². The van der Waals surface area contributed by atoms with Crippen LogP contribution in [0.25, 0.3) is 0 Å². The zero-order valence-electron chi connectivity index (χ0n) is 11.8. The highest BCUT2D eigenvalue weighted by Crippen LogP contribution is 2.32. The summed E-state index contributed by atoms with van der Waals surface area (Å²) >= 11 is 0. The highest BCUT2D eigenvalue weighted by molar-refractivity contribution is 6.08. The van der Waals surface area contributed by atoms with E-state index >= 15 is 0 Å². The number of nitrogens with one attached hydrogen (secondary N) is 2. The van der Waals surface area contributed by atoms with E-state index in [1.807, 2.05) is 20.8 Å². The van der Waals surface area contributed by atoms with Crippen LogP contribution >= 0.6 is 0 Å². The van der Waals surface area contributed by atoms with Crippen molar-refractivity contribution in [2.75, 3.05) is 27.4 Å². The number of urea groups is 1. The van der Waals surface area contributed by atoms with Crippen LogP contribution in [-0.4, -0.2) is 55.3 Å². The molecule has 1 heterocycles. The molecule has 0 radical (unpaired) electrons. The second-order valence-electron chi connectivity index (χ2n) is 5.36. The molecule has 0 saturated carbocycles. The Bertz CT molecular complexity index is 343. The average Bonchev–Trinajstić information content (AvgIpc) is 2.47. The Hall–Kier alpha value is -1.14. The summed E-state index contributed by atoms with van der Waals surface area (Å²) in [6.07, 6.45) is 0.553. The van der Waals surface area contributed by atoms with E-state index < -0.39 is 11.1 Å². The minimum atomic E-state index is -0.672. The number of amidine groups is 1. The highest BCUT2D eigenvalue weighted by atomic mass is 16.5. The summed E-state index contributed by atoms with van der Waals surface area (Å²) in [5.74, 6) is 0.216. The first kappa shape index (κ1) is 14.9. The Kier molecular flexibility index (Phi) is 4.34. The molecule has 0 aliphatic carbocycles. The van der Waals surface area contributed by atoms with Gasteiger partial charge in [-0.1, -0.05) is 0 Å². The Morgan fingerprint density at radius 2 is 2.06 bits per heavy atom. The smallest absolute Gasteiger partial charge is 0.323 e. The third kappa shape index (κ3) is 2.81. The van der Waals surface area contributed by atoms with Gasteiger partial charge in [0.05, 0.1) is 12.2 Å². The van der Waals surface area contributed by atoms with Gasteiger partial charge in [-0.15, -0.1) is 0 Å². The molecule has 1 fully saturated rings. The third-order valence-corrected chi connectivity index (χ3v) is 3.45. The Labute approximate surface area is 108 Å². The Balaban J connectivity index is 2.92. The first-order valence-corrected chi connectivity index (χ1v) is 5.98. The molecule has 0 aromatic carbocycles. The Morgan fingerprint density at radius 3 is 2.56 bits per heavy atom. The molecular weight excluding hydrogens is 234 g/mol. The van der Waals surface area contributed by atoms with Crippen molar-refractivity contribution in [3.05, 3.63) is 0 Å². The molecule has 104 valence electrons. The van der Waals surface area contributed by atoms with E-state index in [1.54, 1.807) is 19.1 Å². The van der Waals surface area contributed by atoms with Gasteiger partial charge in [0.15, 0.2) is 0 Å². The van der Waals surface area contributed by atoms with Crippen LogP contribution in [0.5, 0.6) is 0 Å². The van der Waals surface area contributed by atoms with Gasteiger partial charge in [-0.3, -0.25) is 10.7 Å². The van der Waals surface area contributed by atoms with Crippen LogP contribution < -0.4 is 5.32 Å². The SMILES string of the molecule is COCCN1C(=O)NC(=N)C1(C)CC(C)(C)OC. The molecule has 1 atom stereocenters. The molecule has 6 nitrogen and oxygen atoms in total. The third-order valence-electron chi connectivity index (χ3n) is 3.45. The Morgan fingerprint density at radius 1 is 1.44 bits per heavy atom. The summed E-state index contributed by atoms with van der Waals surface area (Å²) in [5.41, 5.74) is -1.08. The van der Waals surface area contributed by atoms with Crippen LogP contribution in [0.1, 0.15) is 27.2 Å². The van der Waals surface area contributed by atoms with Gasteiger partial charge in [-0.05, 0) is 20.8 Å². The molecule has 0 aromatic rings. The zero-order chi connectivity index (χ0) is 14.0. The van der Waals surface area contributed by atoms with Crippen molar-refractivity contribution < 1.29 is 14.3 Å². The van der Waals surface area contributed by atoms with E-state index in [1.165, 1.54) is 0 Å². The number of rotatable bonds is 6. The molecule has 0 spiro atoms. The number of amides is 2. The quantitative estimate of drug-likeness (QED) is 0.751. The lowest BCUT2D eigenvalue weighted by Gasteiger charge is -2.38. The van der Waals surface area contributed by atoms with Gasteiger partial charge in [0.25, 0.3) is 0 Å². The summed E-state index contributed by atoms with van der Waals surface area (Å²) in [6.45, 7) is 6.68. The van der Waals surface area contributed by atoms with E-state index in [0.717, 1.165) is 0 Å². The fraction of sp³-hybridized carbons (Fsp3) is 0.833. The monoisotopic (exact) mass is 257 g/mol. The van der Waals surface area contributed by atoms with E-state index in [0.29, 0.717) is 19.6 Å². The number of nitrogens with zero attached hydrogens (tertiary/aromatic N) is 1. The number of carbonyl (C=O) groups is 1. The topological polar surface area (TPSA) is 74.7 Å². The molecule has 0 bridgehead atoms. The maximum absolute atomic E-state index is 11.9. The fourth-order valence-electron chi connectivity index (χ4n) is 2.28. The molecule has 1 aliphatic heterocycles. The van der Waals surface area contributed by atoms with E-state index in [9.17, 15) is 4.79 Å². The first-order valence-electron chi connectivity index (χ1n) is 5.98. The summed E-state index contributed by atoms with van der Waals surface area (Å²) in [7, 11) is 3.23. The van der Waals surface area contributed by atoms with Crippen LogP contribution in [0.15, 0.2) is 0 Å². The second-order valence-corrected chi connectivity index (χ2v) is 5.36. The van der Waals surface area contributed by atoms with E-state index in [2.05, 4.69) is 5.32 Å². The molecule has 2 amide bonds. The number of hydrogen-bond acceptors (Lipinski definition) is 4. The summed E-state index contributed by atoms with van der Waals surface area (Å²) in [4.78, 5) is 13.5. The predicted molar refractivity (Wildman–Crippen MR) is 69.0 cm³/mol. The first-order chi connectivity index (χ1) is 8.27. The maximum Gasteiger partial charge on any atom is 0.323 e. The van der Waals surface area contributed by atoms with Crippen LogP contribution in [0, 0.1) is 5.41 Å². The molecule has 1 saturated heterocycles. The van der Waals surface area contributed by atoms with Crippen molar-refractivity contribution in [1.82, 2.24) is 10.2 Å². The number of hydrogen-bond donors (Lipinski definition) is 2. The molecule has 0 aromatic heterocycles. The van der Waals surface area contributed by atoms with Gasteiger partial charge in [0.1, 0.15) is 11.4 Å². The van der Waals surface area contributed by atoms with Crippen LogP contribution in [0.3, 0.4) is 0 Å². The minimum Gasteiger partial charge on any atom is -0.383 e. The van der Waals surface area contributed by atoms with E-state index in [4.69, 9.17) is 14.9 Å². The molecule has 2 N–H and O–H groups in total. The maximum atomic E-state index is 11.9. The number of methoxy groups -OCH3 is 2. The molecule has 18 heavy (non-hydrogen) atoms. The lowest BCUT2D eigenvalue weighted by molar-refractivity contribution is -0.0109. The van der Waals surface area contributed by atoms with Gasteiger partial charge in [0, 0.05) is 27.2 Å². The summed E-state index contributed by atoms with van der Waals surface area (Å²) in [6, 6.07) is -0.244. The van der Waals surface area contributed by atoms with E-state index in [-0.39, 0.29) is 11.9 Å². The molecule has 1 unspecified atom stereocenters. The van der Waals surface area contributed by atoms with Gasteiger partial charge in [-0.25, -0.2) is 4.79 Å².